The van der Waals surface area contributed by atoms with E-state index >= 15 is 0 Å². The highest BCUT2D eigenvalue weighted by atomic mass is 79.9. The number of hydrogen-bond donors (Lipinski definition) is 1. The number of carbonyl (C=O) groups excluding carboxylic acids is 1. The van der Waals surface area contributed by atoms with Crippen molar-refractivity contribution in [2.45, 2.75) is 45.3 Å². The summed E-state index contributed by atoms with van der Waals surface area (Å²) in [7, 11) is 0. The van der Waals surface area contributed by atoms with Gasteiger partial charge in [0.2, 0.25) is 0 Å². The number of benzene rings is 1. The van der Waals surface area contributed by atoms with Gasteiger partial charge in [-0.05, 0) is 46.2 Å². The maximum Gasteiger partial charge on any atom is 0.410 e. The van der Waals surface area contributed by atoms with Crippen LogP contribution in [0, 0.1) is 10.1 Å². The Bertz CT molecular complexity index is 659. The Balaban J connectivity index is 2.13. The Kier molecular flexibility index (Phi) is 5.08. The van der Waals surface area contributed by atoms with Gasteiger partial charge in [-0.2, -0.15) is 0 Å². The first-order valence-corrected chi connectivity index (χ1v) is 8.48. The second-order valence-corrected chi connectivity index (χ2v) is 8.17. The number of rotatable bonds is 3. The molecule has 0 bridgehead atoms. The first-order valence-electron chi connectivity index (χ1n) is 7.69. The van der Waals surface area contributed by atoms with Crippen LogP contribution in [0.1, 0.15) is 34.1 Å². The van der Waals surface area contributed by atoms with Gasteiger partial charge in [0.05, 0.1) is 10.5 Å². The standard InChI is InChI=1S/C16H22BrN3O4/c1-15(2,3)24-14(21)19-8-7-16(4,10-19)18-12-9-11(17)5-6-13(12)20(22)23/h5-6,9,18H,7-8,10H2,1-4H3. The van der Waals surface area contributed by atoms with Gasteiger partial charge in [0.15, 0.2) is 0 Å². The molecule has 1 amide bonds. The van der Waals surface area contributed by atoms with Crippen molar-refractivity contribution in [2.75, 3.05) is 18.4 Å². The predicted molar refractivity (Wildman–Crippen MR) is 95.2 cm³/mol. The SMILES string of the molecule is CC1(Nc2cc(Br)ccc2[N+](=O)[O-])CCN(C(=O)OC(C)(C)C)C1. The molecule has 1 heterocycles. The van der Waals surface area contributed by atoms with Crippen molar-refractivity contribution in [3.05, 3.63) is 32.8 Å². The normalized spacial score (nSPS) is 20.8. The largest absolute Gasteiger partial charge is 0.444 e. The first kappa shape index (κ1) is 18.5. The van der Waals surface area contributed by atoms with Gasteiger partial charge >= 0.3 is 6.09 Å². The van der Waals surface area contributed by atoms with E-state index < -0.39 is 16.1 Å². The minimum absolute atomic E-state index is 0.00939. The lowest BCUT2D eigenvalue weighted by Crippen LogP contribution is -2.41. The van der Waals surface area contributed by atoms with Crippen molar-refractivity contribution in [3.8, 4) is 0 Å². The minimum atomic E-state index is -0.549. The molecule has 0 radical (unpaired) electrons. The minimum Gasteiger partial charge on any atom is -0.444 e. The number of halogens is 1. The lowest BCUT2D eigenvalue weighted by Gasteiger charge is -2.28. The summed E-state index contributed by atoms with van der Waals surface area (Å²) in [6.45, 7) is 8.38. The van der Waals surface area contributed by atoms with Crippen molar-refractivity contribution in [3.63, 3.8) is 0 Å². The number of anilines is 1. The van der Waals surface area contributed by atoms with E-state index in [2.05, 4.69) is 21.2 Å². The van der Waals surface area contributed by atoms with E-state index in [1.807, 2.05) is 27.7 Å². The molecule has 8 heteroatoms. The zero-order valence-corrected chi connectivity index (χ0v) is 15.8. The van der Waals surface area contributed by atoms with Crippen LogP contribution in [0.4, 0.5) is 16.2 Å². The highest BCUT2D eigenvalue weighted by molar-refractivity contribution is 9.10. The highest BCUT2D eigenvalue weighted by Gasteiger charge is 2.38. The van der Waals surface area contributed by atoms with Crippen LogP contribution >= 0.6 is 15.9 Å². The average Bonchev–Trinajstić information content (AvgIpc) is 2.79. The van der Waals surface area contributed by atoms with Gasteiger partial charge in [-0.25, -0.2) is 4.79 Å². The average molecular weight is 400 g/mol. The Morgan fingerprint density at radius 3 is 2.71 bits per heavy atom. The van der Waals surface area contributed by atoms with E-state index in [-0.39, 0.29) is 11.8 Å². The number of nitro groups is 1. The molecule has 1 aromatic carbocycles. The number of amides is 1. The van der Waals surface area contributed by atoms with Crippen molar-refractivity contribution < 1.29 is 14.5 Å². The molecule has 24 heavy (non-hydrogen) atoms. The third-order valence-electron chi connectivity index (χ3n) is 3.72. The number of carbonyl (C=O) groups is 1. The molecule has 1 aliphatic rings. The zero-order chi connectivity index (χ0) is 18.1. The van der Waals surface area contributed by atoms with Crippen molar-refractivity contribution in [1.82, 2.24) is 4.90 Å². The fourth-order valence-electron chi connectivity index (χ4n) is 2.64. The molecule has 7 nitrogen and oxygen atoms in total. The number of hydrogen-bond acceptors (Lipinski definition) is 5. The molecule has 1 unspecified atom stereocenters. The summed E-state index contributed by atoms with van der Waals surface area (Å²) >= 11 is 3.33. The molecule has 1 fully saturated rings. The van der Waals surface area contributed by atoms with Crippen LogP contribution in [0.3, 0.4) is 0 Å². The van der Waals surface area contributed by atoms with Crippen molar-refractivity contribution in [1.29, 1.82) is 0 Å². The fraction of sp³-hybridized carbons (Fsp3) is 0.562. The third kappa shape index (κ3) is 4.59. The summed E-state index contributed by atoms with van der Waals surface area (Å²) in [6.07, 6.45) is 0.312. The van der Waals surface area contributed by atoms with Gasteiger partial charge < -0.3 is 15.0 Å². The molecule has 1 aromatic rings. The number of ether oxygens (including phenoxy) is 1. The molecule has 1 N–H and O–H groups in total. The summed E-state index contributed by atoms with van der Waals surface area (Å²) in [5, 5.41) is 14.4. The van der Waals surface area contributed by atoms with E-state index in [4.69, 9.17) is 4.74 Å². The number of nitrogens with zero attached hydrogens (tertiary/aromatic N) is 2. The Labute approximate surface area is 149 Å². The van der Waals surface area contributed by atoms with Crippen molar-refractivity contribution >= 4 is 33.4 Å². The van der Waals surface area contributed by atoms with Gasteiger partial charge in [0.25, 0.3) is 5.69 Å². The molecule has 132 valence electrons. The van der Waals surface area contributed by atoms with Crippen molar-refractivity contribution in [2.24, 2.45) is 0 Å². The van der Waals surface area contributed by atoms with Crippen LogP contribution in [-0.2, 0) is 4.74 Å². The van der Waals surface area contributed by atoms with E-state index in [1.165, 1.54) is 6.07 Å². The van der Waals surface area contributed by atoms with Gasteiger partial charge in [-0.1, -0.05) is 15.9 Å². The summed E-state index contributed by atoms with van der Waals surface area (Å²) in [5.41, 5.74) is -0.562. The number of nitrogens with one attached hydrogen (secondary N) is 1. The summed E-state index contributed by atoms with van der Waals surface area (Å²) < 4.78 is 6.14. The number of nitro benzene ring substituents is 1. The van der Waals surface area contributed by atoms with Gasteiger partial charge in [-0.15, -0.1) is 0 Å². The molecule has 0 spiro atoms. The number of likely N-dealkylation sites (tertiary alicyclic amines) is 1. The van der Waals surface area contributed by atoms with E-state index in [0.717, 1.165) is 4.47 Å². The van der Waals surface area contributed by atoms with Gasteiger partial charge in [-0.3, -0.25) is 10.1 Å². The Hall–Kier alpha value is -1.83. The molecule has 0 saturated carbocycles. The lowest BCUT2D eigenvalue weighted by molar-refractivity contribution is -0.384. The molecule has 2 rings (SSSR count). The summed E-state index contributed by atoms with van der Waals surface area (Å²) in [6, 6.07) is 4.77. The van der Waals surface area contributed by atoms with E-state index in [0.29, 0.717) is 25.2 Å². The Morgan fingerprint density at radius 1 is 1.46 bits per heavy atom. The van der Waals surface area contributed by atoms with Crippen LogP contribution in [0.15, 0.2) is 22.7 Å². The molecule has 0 aromatic heterocycles. The van der Waals surface area contributed by atoms with Crippen LogP contribution in [0.25, 0.3) is 0 Å². The fourth-order valence-corrected chi connectivity index (χ4v) is 3.00. The van der Waals surface area contributed by atoms with Crippen LogP contribution < -0.4 is 5.32 Å². The Morgan fingerprint density at radius 2 is 2.12 bits per heavy atom. The molecular weight excluding hydrogens is 378 g/mol. The lowest BCUT2D eigenvalue weighted by atomic mass is 10.0. The first-order chi connectivity index (χ1) is 11.0. The van der Waals surface area contributed by atoms with Crippen LogP contribution in [0.5, 0.6) is 0 Å². The predicted octanol–water partition coefficient (Wildman–Crippen LogP) is 4.17. The molecule has 1 atom stereocenters. The van der Waals surface area contributed by atoms with E-state index in [9.17, 15) is 14.9 Å². The summed E-state index contributed by atoms with van der Waals surface area (Å²) in [4.78, 5) is 24.6. The maximum atomic E-state index is 12.2. The van der Waals surface area contributed by atoms with Gasteiger partial charge in [0, 0.05) is 23.6 Å². The van der Waals surface area contributed by atoms with Crippen LogP contribution in [0.2, 0.25) is 0 Å². The monoisotopic (exact) mass is 399 g/mol. The zero-order valence-electron chi connectivity index (χ0n) is 14.3. The molecule has 0 aliphatic carbocycles. The molecule has 1 saturated heterocycles. The molecular formula is C16H22BrN3O4. The van der Waals surface area contributed by atoms with Crippen LogP contribution in [-0.4, -0.2) is 40.1 Å². The van der Waals surface area contributed by atoms with Gasteiger partial charge in [0.1, 0.15) is 11.3 Å². The molecule has 1 aliphatic heterocycles. The summed E-state index contributed by atoms with van der Waals surface area (Å²) in [5.74, 6) is 0. The second kappa shape index (κ2) is 6.58. The third-order valence-corrected chi connectivity index (χ3v) is 4.21. The second-order valence-electron chi connectivity index (χ2n) is 7.26. The highest BCUT2D eigenvalue weighted by Crippen LogP contribution is 2.33. The smallest absolute Gasteiger partial charge is 0.410 e. The quantitative estimate of drug-likeness (QED) is 0.608. The van der Waals surface area contributed by atoms with E-state index in [1.54, 1.807) is 17.0 Å². The maximum absolute atomic E-state index is 12.2. The topological polar surface area (TPSA) is 84.7 Å².